The zero-order valence-corrected chi connectivity index (χ0v) is 11.7. The Morgan fingerprint density at radius 2 is 2.32 bits per heavy atom. The van der Waals surface area contributed by atoms with Crippen LogP contribution < -0.4 is 0 Å². The van der Waals surface area contributed by atoms with Gasteiger partial charge in [-0.2, -0.15) is 0 Å². The monoisotopic (exact) mass is 267 g/mol. The van der Waals surface area contributed by atoms with Crippen molar-refractivity contribution in [2.75, 3.05) is 13.2 Å². The molecule has 5 nitrogen and oxygen atoms in total. The number of carbonyl (C=O) groups is 2. The maximum Gasteiger partial charge on any atom is 0.328 e. The highest BCUT2D eigenvalue weighted by molar-refractivity contribution is 5.86. The summed E-state index contributed by atoms with van der Waals surface area (Å²) in [6.45, 7) is 5.74. The molecule has 5 heteroatoms. The van der Waals surface area contributed by atoms with Gasteiger partial charge in [0.2, 0.25) is 5.91 Å². The quantitative estimate of drug-likeness (QED) is 0.550. The second-order valence-electron chi connectivity index (χ2n) is 4.49. The normalized spacial score (nSPS) is 24.7. The predicted octanol–water partition coefficient (Wildman–Crippen LogP) is 0.967. The predicted molar refractivity (Wildman–Crippen MR) is 70.2 cm³/mol. The molecular formula is C14H21NO4. The Bertz CT molecular complexity index is 374. The van der Waals surface area contributed by atoms with Gasteiger partial charge in [0, 0.05) is 0 Å². The van der Waals surface area contributed by atoms with Crippen molar-refractivity contribution in [2.24, 2.45) is 0 Å². The largest absolute Gasteiger partial charge is 0.464 e. The summed E-state index contributed by atoms with van der Waals surface area (Å²) in [5.74, 6) is 1.89. The summed E-state index contributed by atoms with van der Waals surface area (Å²) in [4.78, 5) is 25.5. The fraction of sp³-hybridized carbons (Fsp3) is 0.714. The average Bonchev–Trinajstić information content (AvgIpc) is 2.39. The van der Waals surface area contributed by atoms with Gasteiger partial charge in [-0.1, -0.05) is 19.3 Å². The molecule has 1 heterocycles. The number of amides is 1. The van der Waals surface area contributed by atoms with E-state index in [1.807, 2.05) is 6.92 Å². The molecule has 0 N–H and O–H groups in total. The van der Waals surface area contributed by atoms with Crippen molar-refractivity contribution in [1.82, 2.24) is 4.90 Å². The van der Waals surface area contributed by atoms with Gasteiger partial charge >= 0.3 is 5.97 Å². The third-order valence-electron chi connectivity index (χ3n) is 3.13. The molecule has 3 atom stereocenters. The lowest BCUT2D eigenvalue weighted by molar-refractivity contribution is -0.168. The minimum absolute atomic E-state index is 0.0427. The fourth-order valence-corrected chi connectivity index (χ4v) is 2.22. The SMILES string of the molecule is C#CC1C(C)OCC(=O)N1C(CCC)C(=O)OCC. The molecule has 19 heavy (non-hydrogen) atoms. The van der Waals surface area contributed by atoms with E-state index in [9.17, 15) is 9.59 Å². The van der Waals surface area contributed by atoms with Crippen LogP contribution in [0, 0.1) is 12.3 Å². The van der Waals surface area contributed by atoms with Gasteiger partial charge < -0.3 is 14.4 Å². The number of ether oxygens (including phenoxy) is 2. The summed E-state index contributed by atoms with van der Waals surface area (Å²) in [7, 11) is 0. The van der Waals surface area contributed by atoms with Crippen LogP contribution in [0.5, 0.6) is 0 Å². The van der Waals surface area contributed by atoms with Crippen LogP contribution in [0.3, 0.4) is 0 Å². The third-order valence-corrected chi connectivity index (χ3v) is 3.13. The molecule has 0 aliphatic carbocycles. The first kappa shape index (κ1) is 15.5. The highest BCUT2D eigenvalue weighted by atomic mass is 16.5. The first-order valence-corrected chi connectivity index (χ1v) is 6.62. The molecule has 0 bridgehead atoms. The highest BCUT2D eigenvalue weighted by Crippen LogP contribution is 2.21. The first-order valence-electron chi connectivity index (χ1n) is 6.62. The number of hydrogen-bond donors (Lipinski definition) is 0. The molecule has 1 saturated heterocycles. The Labute approximate surface area is 114 Å². The molecular weight excluding hydrogens is 246 g/mol. The van der Waals surface area contributed by atoms with Crippen LogP contribution in [0.25, 0.3) is 0 Å². The molecule has 0 aromatic heterocycles. The van der Waals surface area contributed by atoms with E-state index in [0.717, 1.165) is 6.42 Å². The number of esters is 1. The van der Waals surface area contributed by atoms with E-state index in [-0.39, 0.29) is 25.2 Å². The third kappa shape index (κ3) is 3.48. The second kappa shape index (κ2) is 7.15. The van der Waals surface area contributed by atoms with Crippen LogP contribution in [-0.2, 0) is 19.1 Å². The van der Waals surface area contributed by atoms with E-state index in [1.54, 1.807) is 13.8 Å². The van der Waals surface area contributed by atoms with Crippen molar-refractivity contribution in [2.45, 2.75) is 51.8 Å². The van der Waals surface area contributed by atoms with E-state index in [0.29, 0.717) is 6.42 Å². The minimum Gasteiger partial charge on any atom is -0.464 e. The Morgan fingerprint density at radius 1 is 1.63 bits per heavy atom. The van der Waals surface area contributed by atoms with Crippen molar-refractivity contribution >= 4 is 11.9 Å². The molecule has 0 radical (unpaired) electrons. The molecule has 0 aromatic rings. The van der Waals surface area contributed by atoms with E-state index in [2.05, 4.69) is 5.92 Å². The van der Waals surface area contributed by atoms with E-state index >= 15 is 0 Å². The molecule has 0 spiro atoms. The van der Waals surface area contributed by atoms with Crippen molar-refractivity contribution in [3.8, 4) is 12.3 Å². The standard InChI is InChI=1S/C14H21NO4/c1-5-8-12(14(17)18-7-3)15-11(6-2)10(4)19-9-13(15)16/h2,10-12H,5,7-9H2,1,3-4H3. The number of terminal acetylenes is 1. The van der Waals surface area contributed by atoms with Gasteiger partial charge in [-0.15, -0.1) is 6.42 Å². The zero-order valence-electron chi connectivity index (χ0n) is 11.7. The van der Waals surface area contributed by atoms with E-state index in [1.165, 1.54) is 4.90 Å². The van der Waals surface area contributed by atoms with Crippen LogP contribution in [0.1, 0.15) is 33.6 Å². The van der Waals surface area contributed by atoms with Crippen LogP contribution in [0.15, 0.2) is 0 Å². The molecule has 1 fully saturated rings. The lowest BCUT2D eigenvalue weighted by Gasteiger charge is -2.40. The zero-order chi connectivity index (χ0) is 14.4. The topological polar surface area (TPSA) is 55.8 Å². The fourth-order valence-electron chi connectivity index (χ4n) is 2.22. The van der Waals surface area contributed by atoms with Crippen LogP contribution >= 0.6 is 0 Å². The molecule has 3 unspecified atom stereocenters. The number of nitrogens with zero attached hydrogens (tertiary/aromatic N) is 1. The Hall–Kier alpha value is -1.54. The number of carbonyl (C=O) groups excluding carboxylic acids is 2. The number of morpholine rings is 1. The van der Waals surface area contributed by atoms with Gasteiger partial charge in [-0.05, 0) is 20.3 Å². The summed E-state index contributed by atoms with van der Waals surface area (Å²) in [6, 6.07) is -1.15. The molecule has 0 saturated carbocycles. The van der Waals surface area contributed by atoms with Gasteiger partial charge in [0.15, 0.2) is 0 Å². The lowest BCUT2D eigenvalue weighted by Crippen LogP contribution is -2.59. The van der Waals surface area contributed by atoms with Crippen molar-refractivity contribution in [3.05, 3.63) is 0 Å². The summed E-state index contributed by atoms with van der Waals surface area (Å²) in [5, 5.41) is 0. The van der Waals surface area contributed by atoms with Gasteiger partial charge in [0.1, 0.15) is 18.7 Å². The van der Waals surface area contributed by atoms with E-state index < -0.39 is 18.1 Å². The Morgan fingerprint density at radius 3 is 2.84 bits per heavy atom. The van der Waals surface area contributed by atoms with Gasteiger partial charge in [-0.25, -0.2) is 4.79 Å². The summed E-state index contributed by atoms with van der Waals surface area (Å²) >= 11 is 0. The lowest BCUT2D eigenvalue weighted by atomic mass is 10.0. The van der Waals surface area contributed by atoms with Gasteiger partial charge in [0.05, 0.1) is 12.7 Å². The minimum atomic E-state index is -0.621. The van der Waals surface area contributed by atoms with Crippen LogP contribution in [-0.4, -0.2) is 48.2 Å². The molecule has 1 aliphatic heterocycles. The van der Waals surface area contributed by atoms with E-state index in [4.69, 9.17) is 15.9 Å². The molecule has 1 amide bonds. The summed E-state index contributed by atoms with van der Waals surface area (Å²) < 4.78 is 10.3. The highest BCUT2D eigenvalue weighted by Gasteiger charge is 2.40. The number of rotatable bonds is 5. The maximum absolute atomic E-state index is 12.0. The van der Waals surface area contributed by atoms with Crippen molar-refractivity contribution < 1.29 is 19.1 Å². The van der Waals surface area contributed by atoms with Gasteiger partial charge in [0.25, 0.3) is 0 Å². The van der Waals surface area contributed by atoms with Crippen LogP contribution in [0.2, 0.25) is 0 Å². The maximum atomic E-state index is 12.0. The summed E-state index contributed by atoms with van der Waals surface area (Å²) in [6.07, 6.45) is 6.50. The molecule has 106 valence electrons. The molecule has 1 rings (SSSR count). The second-order valence-corrected chi connectivity index (χ2v) is 4.49. The summed E-state index contributed by atoms with van der Waals surface area (Å²) in [5.41, 5.74) is 0. The van der Waals surface area contributed by atoms with Crippen LogP contribution in [0.4, 0.5) is 0 Å². The smallest absolute Gasteiger partial charge is 0.328 e. The molecule has 0 aromatic carbocycles. The van der Waals surface area contributed by atoms with Gasteiger partial charge in [-0.3, -0.25) is 4.79 Å². The number of hydrogen-bond acceptors (Lipinski definition) is 4. The van der Waals surface area contributed by atoms with Crippen molar-refractivity contribution in [1.29, 1.82) is 0 Å². The van der Waals surface area contributed by atoms with Crippen molar-refractivity contribution in [3.63, 3.8) is 0 Å². The Balaban J connectivity index is 2.99. The Kier molecular flexibility index (Phi) is 5.84. The first-order chi connectivity index (χ1) is 9.06. The molecule has 1 aliphatic rings. The average molecular weight is 267 g/mol.